The summed E-state index contributed by atoms with van der Waals surface area (Å²) in [5.74, 6) is 0. The molecule has 0 radical (unpaired) electrons. The Morgan fingerprint density at radius 1 is 1.33 bits per heavy atom. The average Bonchev–Trinajstić information content (AvgIpc) is 2.02. The Hall–Kier alpha value is -0.160. The van der Waals surface area contributed by atoms with E-state index in [0.717, 1.165) is 6.42 Å². The van der Waals surface area contributed by atoms with Crippen LogP contribution in [0.4, 0.5) is 0 Å². The highest BCUT2D eigenvalue weighted by Crippen LogP contribution is 2.06. The maximum Gasteiger partial charge on any atom is 0.105 e. The molecule has 0 bridgehead atoms. The van der Waals surface area contributed by atoms with Crippen LogP contribution in [0.2, 0.25) is 0 Å². The topological polar surface area (TPSA) is 58.9 Å². The molecule has 4 nitrogen and oxygen atoms in total. The molecule has 0 aromatic carbocycles. The summed E-state index contributed by atoms with van der Waals surface area (Å²) in [6.45, 7) is 4.26. The van der Waals surface area contributed by atoms with E-state index in [4.69, 9.17) is 15.1 Å². The van der Waals surface area contributed by atoms with Gasteiger partial charge in [0.25, 0.3) is 0 Å². The predicted octanol–water partition coefficient (Wildman–Crippen LogP) is 1.04. The molecule has 0 fully saturated rings. The van der Waals surface area contributed by atoms with Gasteiger partial charge in [-0.3, -0.25) is 5.26 Å². The smallest absolute Gasteiger partial charge is 0.105 e. The van der Waals surface area contributed by atoms with Gasteiger partial charge in [-0.15, -0.1) is 0 Å². The van der Waals surface area contributed by atoms with Gasteiger partial charge in [-0.2, -0.15) is 0 Å². The van der Waals surface area contributed by atoms with Crippen LogP contribution >= 0.6 is 0 Å². The van der Waals surface area contributed by atoms with Crippen LogP contribution in [0.1, 0.15) is 26.7 Å². The Morgan fingerprint density at radius 3 is 2.42 bits per heavy atom. The van der Waals surface area contributed by atoms with Gasteiger partial charge in [0.05, 0.1) is 18.8 Å². The van der Waals surface area contributed by atoms with Crippen LogP contribution in [0.5, 0.6) is 0 Å². The Labute approximate surface area is 73.0 Å². The molecule has 0 aliphatic heterocycles. The molecule has 0 saturated carbocycles. The highest BCUT2D eigenvalue weighted by molar-refractivity contribution is 4.59. The van der Waals surface area contributed by atoms with Gasteiger partial charge in [-0.25, -0.2) is 4.89 Å². The zero-order valence-corrected chi connectivity index (χ0v) is 7.69. The van der Waals surface area contributed by atoms with Gasteiger partial charge >= 0.3 is 0 Å². The van der Waals surface area contributed by atoms with Crippen molar-refractivity contribution in [2.45, 2.75) is 38.9 Å². The van der Waals surface area contributed by atoms with Gasteiger partial charge in [0.15, 0.2) is 0 Å². The molecule has 0 aliphatic carbocycles. The minimum atomic E-state index is -0.343. The van der Waals surface area contributed by atoms with Gasteiger partial charge < -0.3 is 9.84 Å². The maximum absolute atomic E-state index is 9.05. The molecule has 0 spiro atoms. The monoisotopic (exact) mass is 178 g/mol. The molecule has 2 unspecified atom stereocenters. The number of rotatable bonds is 7. The summed E-state index contributed by atoms with van der Waals surface area (Å²) in [6, 6.07) is 0. The number of hydrogen-bond acceptors (Lipinski definition) is 4. The van der Waals surface area contributed by atoms with Crippen molar-refractivity contribution < 1.29 is 20.0 Å². The molecule has 0 saturated heterocycles. The summed E-state index contributed by atoms with van der Waals surface area (Å²) < 4.78 is 5.30. The summed E-state index contributed by atoms with van der Waals surface area (Å²) >= 11 is 0. The van der Waals surface area contributed by atoms with Gasteiger partial charge in [0, 0.05) is 0 Å². The van der Waals surface area contributed by atoms with Gasteiger partial charge in [-0.1, -0.05) is 6.92 Å². The number of hydrogen-bond donors (Lipinski definition) is 2. The summed E-state index contributed by atoms with van der Waals surface area (Å²) in [4.78, 5) is 3.85. The van der Waals surface area contributed by atoms with Crippen molar-refractivity contribution in [3.05, 3.63) is 0 Å². The van der Waals surface area contributed by atoms with E-state index in [1.165, 1.54) is 0 Å². The lowest BCUT2D eigenvalue weighted by Gasteiger charge is -2.16. The van der Waals surface area contributed by atoms with E-state index in [9.17, 15) is 0 Å². The zero-order valence-electron chi connectivity index (χ0n) is 7.69. The van der Waals surface area contributed by atoms with Crippen molar-refractivity contribution >= 4 is 0 Å². The third-order valence-corrected chi connectivity index (χ3v) is 1.59. The lowest BCUT2D eigenvalue weighted by Crippen LogP contribution is -2.20. The Kier molecular flexibility index (Phi) is 7.39. The van der Waals surface area contributed by atoms with Crippen LogP contribution in [0.3, 0.4) is 0 Å². The van der Waals surface area contributed by atoms with Crippen LogP contribution in [0, 0.1) is 0 Å². The lowest BCUT2D eigenvalue weighted by molar-refractivity contribution is -0.251. The molecule has 0 heterocycles. The van der Waals surface area contributed by atoms with Crippen molar-refractivity contribution in [1.82, 2.24) is 0 Å². The molecule has 12 heavy (non-hydrogen) atoms. The second-order valence-electron chi connectivity index (χ2n) is 2.82. The average molecular weight is 178 g/mol. The number of aliphatic hydroxyl groups excluding tert-OH is 1. The molecule has 0 aromatic rings. The van der Waals surface area contributed by atoms with Crippen LogP contribution in [0.25, 0.3) is 0 Å². The highest BCUT2D eigenvalue weighted by Gasteiger charge is 2.09. The first-order valence-electron chi connectivity index (χ1n) is 4.26. The third-order valence-electron chi connectivity index (χ3n) is 1.59. The van der Waals surface area contributed by atoms with E-state index in [0.29, 0.717) is 13.0 Å². The summed E-state index contributed by atoms with van der Waals surface area (Å²) in [6.07, 6.45) is 1.20. The molecule has 74 valence electrons. The van der Waals surface area contributed by atoms with E-state index in [1.54, 1.807) is 6.92 Å². The molecule has 0 aliphatic rings. The summed E-state index contributed by atoms with van der Waals surface area (Å²) in [5, 5.41) is 17.1. The fourth-order valence-corrected chi connectivity index (χ4v) is 0.985. The van der Waals surface area contributed by atoms with Crippen LogP contribution in [-0.4, -0.2) is 35.8 Å². The fraction of sp³-hybridized carbons (Fsp3) is 1.00. The predicted molar refractivity (Wildman–Crippen MR) is 44.9 cm³/mol. The largest absolute Gasteiger partial charge is 0.393 e. The second kappa shape index (κ2) is 7.49. The molecule has 0 aromatic heterocycles. The maximum atomic E-state index is 9.05. The van der Waals surface area contributed by atoms with Gasteiger partial charge in [0.2, 0.25) is 0 Å². The SMILES string of the molecule is CCC(CC(C)O)OCCOO. The standard InChI is InChI=1S/C8H18O4/c1-3-8(6-7(2)9)11-4-5-12-10/h7-10H,3-6H2,1-2H3. The number of aliphatic hydroxyl groups is 1. The first-order valence-corrected chi connectivity index (χ1v) is 4.26. The summed E-state index contributed by atoms with van der Waals surface area (Å²) in [7, 11) is 0. The van der Waals surface area contributed by atoms with E-state index in [2.05, 4.69) is 4.89 Å². The van der Waals surface area contributed by atoms with E-state index in [-0.39, 0.29) is 18.8 Å². The van der Waals surface area contributed by atoms with Gasteiger partial charge in [0.1, 0.15) is 6.61 Å². The van der Waals surface area contributed by atoms with Crippen molar-refractivity contribution in [2.75, 3.05) is 13.2 Å². The number of ether oxygens (including phenoxy) is 1. The molecule has 2 N–H and O–H groups in total. The summed E-state index contributed by atoms with van der Waals surface area (Å²) in [5.41, 5.74) is 0. The van der Waals surface area contributed by atoms with Gasteiger partial charge in [-0.05, 0) is 19.8 Å². The van der Waals surface area contributed by atoms with Crippen molar-refractivity contribution in [1.29, 1.82) is 0 Å². The molecule has 0 amide bonds. The minimum Gasteiger partial charge on any atom is -0.393 e. The second-order valence-corrected chi connectivity index (χ2v) is 2.82. The normalized spacial score (nSPS) is 16.0. The Morgan fingerprint density at radius 2 is 2.00 bits per heavy atom. The van der Waals surface area contributed by atoms with E-state index < -0.39 is 0 Å². The third kappa shape index (κ3) is 6.54. The lowest BCUT2D eigenvalue weighted by atomic mass is 10.1. The molecular formula is C8H18O4. The fourth-order valence-electron chi connectivity index (χ4n) is 0.985. The van der Waals surface area contributed by atoms with E-state index in [1.807, 2.05) is 6.92 Å². The van der Waals surface area contributed by atoms with Crippen molar-refractivity contribution in [2.24, 2.45) is 0 Å². The quantitative estimate of drug-likeness (QED) is 0.347. The van der Waals surface area contributed by atoms with Crippen LogP contribution < -0.4 is 0 Å². The van der Waals surface area contributed by atoms with Crippen molar-refractivity contribution in [3.8, 4) is 0 Å². The van der Waals surface area contributed by atoms with Crippen molar-refractivity contribution in [3.63, 3.8) is 0 Å². The highest BCUT2D eigenvalue weighted by atomic mass is 17.1. The van der Waals surface area contributed by atoms with Crippen LogP contribution in [0.15, 0.2) is 0 Å². The molecular weight excluding hydrogens is 160 g/mol. The first kappa shape index (κ1) is 11.8. The molecule has 0 rings (SSSR count). The Balaban J connectivity index is 3.39. The zero-order chi connectivity index (χ0) is 9.40. The first-order chi connectivity index (χ1) is 5.70. The minimum absolute atomic E-state index is 0.0557. The van der Waals surface area contributed by atoms with Crippen LogP contribution in [-0.2, 0) is 9.62 Å². The Bertz CT molecular complexity index is 95.1. The molecule has 4 heteroatoms. The molecule has 2 atom stereocenters. The van der Waals surface area contributed by atoms with E-state index >= 15 is 0 Å².